The van der Waals surface area contributed by atoms with E-state index < -0.39 is 8.07 Å². The van der Waals surface area contributed by atoms with Gasteiger partial charge in [0, 0.05) is 27.2 Å². The van der Waals surface area contributed by atoms with Gasteiger partial charge in [0.2, 0.25) is 0 Å². The van der Waals surface area contributed by atoms with E-state index in [9.17, 15) is 0 Å². The van der Waals surface area contributed by atoms with Crippen molar-refractivity contribution < 1.29 is 0 Å². The minimum atomic E-state index is -1.66. The maximum atomic E-state index is 4.99. The highest BCUT2D eigenvalue weighted by Gasteiger charge is 2.37. The van der Waals surface area contributed by atoms with Gasteiger partial charge in [-0.1, -0.05) is 115 Å². The van der Waals surface area contributed by atoms with Gasteiger partial charge in [0.15, 0.2) is 0 Å². The molecule has 5 aromatic rings. The zero-order valence-electron chi connectivity index (χ0n) is 25.1. The lowest BCUT2D eigenvalue weighted by Crippen LogP contribution is -2.50. The van der Waals surface area contributed by atoms with Gasteiger partial charge in [-0.3, -0.25) is 4.98 Å². The van der Waals surface area contributed by atoms with Crippen LogP contribution in [0.2, 0.25) is 18.1 Å². The molecule has 0 fully saturated rings. The van der Waals surface area contributed by atoms with Crippen LogP contribution in [0.5, 0.6) is 0 Å². The van der Waals surface area contributed by atoms with E-state index in [1.54, 1.807) is 5.19 Å². The highest BCUT2D eigenvalue weighted by molar-refractivity contribution is 7.26. The minimum absolute atomic E-state index is 0.458. The molecule has 0 unspecified atom stereocenters. The lowest BCUT2D eigenvalue weighted by Gasteiger charge is -2.37. The largest absolute Gasteiger partial charge is 0.255 e. The molecule has 3 aromatic carbocycles. The molecule has 0 radical (unpaired) electrons. The summed E-state index contributed by atoms with van der Waals surface area (Å²) in [5, 5.41) is 7.04. The predicted octanol–water partition coefficient (Wildman–Crippen LogP) is 11.0. The third-order valence-electron chi connectivity index (χ3n) is 8.19. The van der Waals surface area contributed by atoms with Crippen LogP contribution < -0.4 is 5.19 Å². The van der Waals surface area contributed by atoms with Crippen LogP contribution >= 0.6 is 11.3 Å². The third kappa shape index (κ3) is 5.58. The van der Waals surface area contributed by atoms with Gasteiger partial charge < -0.3 is 0 Å². The molecule has 2 aromatic heterocycles. The molecule has 39 heavy (non-hydrogen) atoms. The van der Waals surface area contributed by atoms with Crippen LogP contribution in [0.3, 0.4) is 0 Å². The fraction of sp³-hybridized carbons (Fsp3) is 0.417. The second-order valence-corrected chi connectivity index (χ2v) is 18.8. The molecule has 0 aliphatic rings. The maximum Gasteiger partial charge on any atom is 0.0880 e. The van der Waals surface area contributed by atoms with Gasteiger partial charge in [-0.05, 0) is 64.3 Å². The molecular formula is C36H45NSSi. The summed E-state index contributed by atoms with van der Waals surface area (Å²) < 4.78 is 2.74. The highest BCUT2D eigenvalue weighted by Crippen LogP contribution is 2.41. The molecule has 1 nitrogen and oxygen atoms in total. The van der Waals surface area contributed by atoms with E-state index in [0.717, 1.165) is 23.4 Å². The van der Waals surface area contributed by atoms with Crippen molar-refractivity contribution in [1.82, 2.24) is 4.98 Å². The van der Waals surface area contributed by atoms with E-state index in [4.69, 9.17) is 4.98 Å². The molecule has 204 valence electrons. The number of rotatable bonds is 9. The van der Waals surface area contributed by atoms with Gasteiger partial charge in [0.1, 0.15) is 0 Å². The van der Waals surface area contributed by atoms with Gasteiger partial charge in [-0.25, -0.2) is 0 Å². The first kappa shape index (κ1) is 28.1. The first-order valence-electron chi connectivity index (χ1n) is 14.9. The summed E-state index contributed by atoms with van der Waals surface area (Å²) in [4.78, 5) is 4.99. The van der Waals surface area contributed by atoms with E-state index in [1.165, 1.54) is 60.2 Å². The number of hydrogen-bond acceptors (Lipinski definition) is 2. The smallest absolute Gasteiger partial charge is 0.0880 e. The van der Waals surface area contributed by atoms with Crippen molar-refractivity contribution in [1.29, 1.82) is 0 Å². The van der Waals surface area contributed by atoms with Gasteiger partial charge in [0.25, 0.3) is 0 Å². The maximum absolute atomic E-state index is 4.99. The van der Waals surface area contributed by atoms with Gasteiger partial charge >= 0.3 is 0 Å². The second kappa shape index (κ2) is 11.2. The molecule has 0 spiro atoms. The van der Waals surface area contributed by atoms with Crippen LogP contribution in [0.25, 0.3) is 42.2 Å². The molecule has 0 saturated heterocycles. The normalized spacial score (nSPS) is 12.8. The van der Waals surface area contributed by atoms with Crippen LogP contribution in [0.15, 0.2) is 66.9 Å². The van der Waals surface area contributed by atoms with Crippen molar-refractivity contribution >= 4 is 55.5 Å². The first-order chi connectivity index (χ1) is 18.6. The van der Waals surface area contributed by atoms with E-state index in [-0.39, 0.29) is 0 Å². The Hall–Kier alpha value is -2.49. The first-order valence-corrected chi connectivity index (χ1v) is 18.4. The SMILES string of the molecule is CC(C)C[Si](CC(C)C)(CC(C)C)c1ccc2c(c1)sc1c(-c3cc(C(C)C)c4ccccc4c3)nccc12. The van der Waals surface area contributed by atoms with Gasteiger partial charge in [-0.2, -0.15) is 0 Å². The Bertz CT molecular complexity index is 1580. The Morgan fingerprint density at radius 1 is 0.692 bits per heavy atom. The van der Waals surface area contributed by atoms with Crippen molar-refractivity contribution in [2.75, 3.05) is 0 Å². The van der Waals surface area contributed by atoms with Crippen LogP contribution in [-0.2, 0) is 0 Å². The van der Waals surface area contributed by atoms with E-state index in [0.29, 0.717) is 5.92 Å². The molecule has 0 aliphatic carbocycles. The standard InChI is InChI=1S/C36H45NSSi/c1-23(2)20-39(21-24(3)4,22-25(5)6)29-13-14-31-32-15-16-37-35(36(32)38-34(31)19-29)28-17-27-11-9-10-12-30(27)33(18-28)26(7)8/h9-19,23-26H,20-22H2,1-8H3. The minimum Gasteiger partial charge on any atom is -0.255 e. The quantitative estimate of drug-likeness (QED) is 0.166. The van der Waals surface area contributed by atoms with Crippen molar-refractivity contribution in [3.05, 3.63) is 72.4 Å². The lowest BCUT2D eigenvalue weighted by molar-refractivity contribution is 0.649. The fourth-order valence-electron chi connectivity index (χ4n) is 7.14. The lowest BCUT2D eigenvalue weighted by atomic mass is 9.92. The van der Waals surface area contributed by atoms with Crippen LogP contribution in [0.4, 0.5) is 0 Å². The van der Waals surface area contributed by atoms with Crippen LogP contribution in [0.1, 0.15) is 66.9 Å². The van der Waals surface area contributed by atoms with Crippen molar-refractivity contribution in [2.45, 2.75) is 79.4 Å². The number of aromatic nitrogens is 1. The van der Waals surface area contributed by atoms with Gasteiger partial charge in [0.05, 0.1) is 18.5 Å². The van der Waals surface area contributed by atoms with E-state index in [2.05, 4.69) is 116 Å². The number of pyridine rings is 1. The van der Waals surface area contributed by atoms with Crippen molar-refractivity contribution in [3.8, 4) is 11.3 Å². The Morgan fingerprint density at radius 3 is 2.00 bits per heavy atom. The molecule has 0 aliphatic heterocycles. The summed E-state index contributed by atoms with van der Waals surface area (Å²) in [6.07, 6.45) is 2.01. The molecule has 2 heterocycles. The average molecular weight is 552 g/mol. The Kier molecular flexibility index (Phi) is 8.04. The summed E-state index contributed by atoms with van der Waals surface area (Å²) in [5.41, 5.74) is 3.76. The molecule has 0 atom stereocenters. The third-order valence-corrected chi connectivity index (χ3v) is 15.7. The fourth-order valence-corrected chi connectivity index (χ4v) is 15.3. The average Bonchev–Trinajstić information content (AvgIpc) is 3.24. The monoisotopic (exact) mass is 551 g/mol. The van der Waals surface area contributed by atoms with Crippen LogP contribution in [0, 0.1) is 17.8 Å². The summed E-state index contributed by atoms with van der Waals surface area (Å²) in [5.74, 6) is 2.64. The molecule has 0 amide bonds. The zero-order chi connectivity index (χ0) is 27.9. The summed E-state index contributed by atoms with van der Waals surface area (Å²) in [7, 11) is -1.66. The number of hydrogen-bond donors (Lipinski definition) is 0. The number of fused-ring (bicyclic) bond motifs is 4. The topological polar surface area (TPSA) is 12.9 Å². The number of benzene rings is 3. The molecule has 0 bridgehead atoms. The van der Waals surface area contributed by atoms with Crippen molar-refractivity contribution in [2.24, 2.45) is 17.8 Å². The summed E-state index contributed by atoms with van der Waals surface area (Å²) in [6, 6.07) is 27.4. The van der Waals surface area contributed by atoms with E-state index in [1.807, 2.05) is 17.5 Å². The molecular weight excluding hydrogens is 507 g/mol. The van der Waals surface area contributed by atoms with Crippen molar-refractivity contribution in [3.63, 3.8) is 0 Å². The molecule has 3 heteroatoms. The summed E-state index contributed by atoms with van der Waals surface area (Å²) >= 11 is 1.95. The number of thiophene rings is 1. The van der Waals surface area contributed by atoms with E-state index >= 15 is 0 Å². The Morgan fingerprint density at radius 2 is 1.36 bits per heavy atom. The molecule has 0 N–H and O–H groups in total. The zero-order valence-corrected chi connectivity index (χ0v) is 27.0. The predicted molar refractivity (Wildman–Crippen MR) is 178 cm³/mol. The highest BCUT2D eigenvalue weighted by atomic mass is 32.1. The number of nitrogens with zero attached hydrogens (tertiary/aromatic N) is 1. The summed E-state index contributed by atoms with van der Waals surface area (Å²) in [6.45, 7) is 19.1. The molecule has 0 saturated carbocycles. The second-order valence-electron chi connectivity index (χ2n) is 13.4. The van der Waals surface area contributed by atoms with Gasteiger partial charge in [-0.15, -0.1) is 11.3 Å². The van der Waals surface area contributed by atoms with Crippen LogP contribution in [-0.4, -0.2) is 13.1 Å². The Labute approximate surface area is 240 Å². The Balaban J connectivity index is 1.70. The molecule has 5 rings (SSSR count).